The normalized spacial score (nSPS) is 13.9. The van der Waals surface area contributed by atoms with Gasteiger partial charge in [-0.15, -0.1) is 0 Å². The van der Waals surface area contributed by atoms with Crippen LogP contribution in [-0.2, 0) is 0 Å². The quantitative estimate of drug-likeness (QED) is 0.333. The molecule has 0 spiro atoms. The van der Waals surface area contributed by atoms with E-state index in [1.165, 1.54) is 6.26 Å². The summed E-state index contributed by atoms with van der Waals surface area (Å²) in [5.74, 6) is 0.621. The number of hydrogen-bond acceptors (Lipinski definition) is 7. The first-order valence-corrected chi connectivity index (χ1v) is 12.3. The highest BCUT2D eigenvalue weighted by molar-refractivity contribution is 6.02. The standard InChI is InChI=1S/C28H25N5O4/c1-16-9-10-19(15-21(16)30-26(34)24-8-5-13-36-24)27-31-25(32-37-27)18-11-12-23-22(14-18)29-17(2)28(35)33(23)20-6-3-4-7-20/h5,8-15,20H,3-4,6-7H2,1-2H3,(H,30,34). The minimum Gasteiger partial charge on any atom is -0.459 e. The highest BCUT2D eigenvalue weighted by Gasteiger charge is 2.22. The van der Waals surface area contributed by atoms with E-state index in [1.807, 2.05) is 41.8 Å². The summed E-state index contributed by atoms with van der Waals surface area (Å²) < 4.78 is 12.7. The Morgan fingerprint density at radius 2 is 1.84 bits per heavy atom. The average Bonchev–Trinajstić information content (AvgIpc) is 3.69. The van der Waals surface area contributed by atoms with Gasteiger partial charge in [-0.2, -0.15) is 4.98 Å². The molecule has 6 rings (SSSR count). The van der Waals surface area contributed by atoms with Crippen molar-refractivity contribution in [3.63, 3.8) is 0 Å². The molecule has 1 amide bonds. The SMILES string of the molecule is Cc1ccc(-c2nc(-c3ccc4c(c3)nc(C)c(=O)n4C3CCCC3)no2)cc1NC(=O)c1ccco1. The number of benzene rings is 2. The molecule has 9 heteroatoms. The van der Waals surface area contributed by atoms with E-state index < -0.39 is 0 Å². The summed E-state index contributed by atoms with van der Waals surface area (Å²) >= 11 is 0. The molecule has 1 aliphatic rings. The lowest BCUT2D eigenvalue weighted by atomic mass is 10.1. The molecule has 1 N–H and O–H groups in total. The molecule has 9 nitrogen and oxygen atoms in total. The van der Waals surface area contributed by atoms with Crippen molar-refractivity contribution < 1.29 is 13.7 Å². The van der Waals surface area contributed by atoms with Crippen molar-refractivity contribution in [1.29, 1.82) is 0 Å². The summed E-state index contributed by atoms with van der Waals surface area (Å²) in [5.41, 5.74) is 4.92. The zero-order chi connectivity index (χ0) is 25.5. The summed E-state index contributed by atoms with van der Waals surface area (Å²) in [6.45, 7) is 3.65. The minimum atomic E-state index is -0.341. The van der Waals surface area contributed by atoms with Gasteiger partial charge in [-0.25, -0.2) is 4.98 Å². The lowest BCUT2D eigenvalue weighted by molar-refractivity contribution is 0.0996. The first-order chi connectivity index (χ1) is 18.0. The third kappa shape index (κ3) is 4.22. The van der Waals surface area contributed by atoms with Gasteiger partial charge in [0.05, 0.1) is 17.3 Å². The molecule has 0 atom stereocenters. The van der Waals surface area contributed by atoms with Crippen molar-refractivity contribution in [2.24, 2.45) is 0 Å². The van der Waals surface area contributed by atoms with E-state index in [-0.39, 0.29) is 23.3 Å². The Morgan fingerprint density at radius 3 is 2.62 bits per heavy atom. The average molecular weight is 496 g/mol. The van der Waals surface area contributed by atoms with Gasteiger partial charge in [0.1, 0.15) is 5.69 Å². The van der Waals surface area contributed by atoms with Gasteiger partial charge in [0, 0.05) is 22.9 Å². The molecule has 37 heavy (non-hydrogen) atoms. The summed E-state index contributed by atoms with van der Waals surface area (Å²) in [7, 11) is 0. The van der Waals surface area contributed by atoms with E-state index in [2.05, 4.69) is 20.4 Å². The third-order valence-electron chi connectivity index (χ3n) is 6.90. The maximum absolute atomic E-state index is 12.9. The van der Waals surface area contributed by atoms with Gasteiger partial charge in [0.15, 0.2) is 5.76 Å². The second-order valence-corrected chi connectivity index (χ2v) is 9.40. The Balaban J connectivity index is 1.32. The van der Waals surface area contributed by atoms with Gasteiger partial charge in [0.25, 0.3) is 17.4 Å². The van der Waals surface area contributed by atoms with Gasteiger partial charge in [0.2, 0.25) is 5.82 Å². The topological polar surface area (TPSA) is 116 Å². The number of aromatic nitrogens is 4. The number of carbonyl (C=O) groups excluding carboxylic acids is 1. The molecule has 0 aliphatic heterocycles. The Labute approximate surface area is 212 Å². The maximum atomic E-state index is 12.9. The third-order valence-corrected chi connectivity index (χ3v) is 6.90. The number of rotatable bonds is 5. The predicted molar refractivity (Wildman–Crippen MR) is 138 cm³/mol. The van der Waals surface area contributed by atoms with Crippen LogP contribution in [0, 0.1) is 13.8 Å². The molecule has 0 saturated heterocycles. The number of hydrogen-bond donors (Lipinski definition) is 1. The Kier molecular flexibility index (Phi) is 5.67. The van der Waals surface area contributed by atoms with Gasteiger partial charge in [-0.3, -0.25) is 9.59 Å². The van der Waals surface area contributed by atoms with Crippen molar-refractivity contribution in [1.82, 2.24) is 19.7 Å². The fourth-order valence-corrected chi connectivity index (χ4v) is 4.93. The summed E-state index contributed by atoms with van der Waals surface area (Å²) in [4.78, 5) is 34.5. The molecule has 0 radical (unpaired) electrons. The largest absolute Gasteiger partial charge is 0.459 e. The monoisotopic (exact) mass is 495 g/mol. The molecule has 186 valence electrons. The number of nitrogens with zero attached hydrogens (tertiary/aromatic N) is 4. The molecule has 1 saturated carbocycles. The molecule has 1 fully saturated rings. The Morgan fingerprint density at radius 1 is 1.03 bits per heavy atom. The van der Waals surface area contributed by atoms with E-state index in [0.717, 1.165) is 47.8 Å². The number of fused-ring (bicyclic) bond motifs is 1. The second-order valence-electron chi connectivity index (χ2n) is 9.40. The van der Waals surface area contributed by atoms with Crippen LogP contribution in [0.4, 0.5) is 5.69 Å². The van der Waals surface area contributed by atoms with E-state index in [1.54, 1.807) is 25.1 Å². The molecule has 0 bridgehead atoms. The highest BCUT2D eigenvalue weighted by atomic mass is 16.5. The van der Waals surface area contributed by atoms with E-state index in [0.29, 0.717) is 28.7 Å². The fourth-order valence-electron chi connectivity index (χ4n) is 4.93. The van der Waals surface area contributed by atoms with Crippen molar-refractivity contribution >= 4 is 22.6 Å². The molecule has 3 heterocycles. The molecule has 2 aromatic carbocycles. The van der Waals surface area contributed by atoms with Crippen molar-refractivity contribution in [3.05, 3.63) is 82.2 Å². The van der Waals surface area contributed by atoms with Crippen LogP contribution >= 0.6 is 0 Å². The number of nitrogens with one attached hydrogen (secondary N) is 1. The van der Waals surface area contributed by atoms with Crippen molar-refractivity contribution in [2.75, 3.05) is 5.32 Å². The summed E-state index contributed by atoms with van der Waals surface area (Å²) in [5, 5.41) is 7.04. The predicted octanol–water partition coefficient (Wildman–Crippen LogP) is 5.69. The molecule has 1 aliphatic carbocycles. The smallest absolute Gasteiger partial charge is 0.291 e. The van der Waals surface area contributed by atoms with Gasteiger partial charge < -0.3 is 18.8 Å². The Bertz CT molecular complexity index is 1680. The van der Waals surface area contributed by atoms with E-state index in [4.69, 9.17) is 8.94 Å². The summed E-state index contributed by atoms with van der Waals surface area (Å²) in [6, 6.07) is 14.7. The number of carbonyl (C=O) groups is 1. The zero-order valence-electron chi connectivity index (χ0n) is 20.5. The number of anilines is 1. The van der Waals surface area contributed by atoms with Gasteiger partial charge in [-0.05, 0) is 74.7 Å². The maximum Gasteiger partial charge on any atom is 0.291 e. The summed E-state index contributed by atoms with van der Waals surface area (Å²) in [6.07, 6.45) is 5.74. The van der Waals surface area contributed by atoms with Crippen LogP contribution < -0.4 is 10.9 Å². The minimum absolute atomic E-state index is 0.0247. The number of amides is 1. The lowest BCUT2D eigenvalue weighted by Gasteiger charge is -2.17. The second kappa shape index (κ2) is 9.16. The van der Waals surface area contributed by atoms with Gasteiger partial charge in [-0.1, -0.05) is 24.1 Å². The number of aryl methyl sites for hydroxylation is 2. The van der Waals surface area contributed by atoms with Crippen LogP contribution in [0.15, 0.2) is 68.5 Å². The van der Waals surface area contributed by atoms with Crippen LogP contribution in [0.25, 0.3) is 33.9 Å². The van der Waals surface area contributed by atoms with Crippen LogP contribution in [0.3, 0.4) is 0 Å². The van der Waals surface area contributed by atoms with Gasteiger partial charge >= 0.3 is 0 Å². The molecule has 5 aromatic rings. The fraction of sp³-hybridized carbons (Fsp3) is 0.250. The molecule has 0 unspecified atom stereocenters. The zero-order valence-corrected chi connectivity index (χ0v) is 20.5. The number of furan rings is 1. The van der Waals surface area contributed by atoms with E-state index in [9.17, 15) is 9.59 Å². The van der Waals surface area contributed by atoms with Crippen molar-refractivity contribution in [3.8, 4) is 22.8 Å². The Hall–Kier alpha value is -4.53. The van der Waals surface area contributed by atoms with Crippen LogP contribution in [0.5, 0.6) is 0 Å². The molecular weight excluding hydrogens is 470 g/mol. The van der Waals surface area contributed by atoms with Crippen LogP contribution in [-0.4, -0.2) is 25.6 Å². The highest BCUT2D eigenvalue weighted by Crippen LogP contribution is 2.32. The molecule has 3 aromatic heterocycles. The molecular formula is C28H25N5O4. The van der Waals surface area contributed by atoms with Crippen LogP contribution in [0.1, 0.15) is 53.5 Å². The van der Waals surface area contributed by atoms with Crippen LogP contribution in [0.2, 0.25) is 0 Å². The van der Waals surface area contributed by atoms with Crippen molar-refractivity contribution in [2.45, 2.75) is 45.6 Å². The lowest BCUT2D eigenvalue weighted by Crippen LogP contribution is -2.26. The first kappa shape index (κ1) is 22.9. The first-order valence-electron chi connectivity index (χ1n) is 12.3. The van der Waals surface area contributed by atoms with E-state index >= 15 is 0 Å².